The maximum absolute atomic E-state index is 12.7. The van der Waals surface area contributed by atoms with Crippen LogP contribution in [0.2, 0.25) is 0 Å². The zero-order chi connectivity index (χ0) is 18.8. The Kier molecular flexibility index (Phi) is 3.65. The highest BCUT2D eigenvalue weighted by Crippen LogP contribution is 2.54. The fraction of sp³-hybridized carbons (Fsp3) is 0.174. The van der Waals surface area contributed by atoms with Crippen molar-refractivity contribution in [3.05, 3.63) is 81.7 Å². The lowest BCUT2D eigenvalue weighted by molar-refractivity contribution is 0.104. The lowest BCUT2D eigenvalue weighted by atomic mass is 9.89. The fourth-order valence-electron chi connectivity index (χ4n) is 4.07. The number of nitrogens with zero attached hydrogens (tertiary/aromatic N) is 1. The van der Waals surface area contributed by atoms with Crippen LogP contribution in [0.4, 0.5) is 5.69 Å². The van der Waals surface area contributed by atoms with E-state index < -0.39 is 0 Å². The molecule has 4 heteroatoms. The topological polar surface area (TPSA) is 20.3 Å². The molecule has 134 valence electrons. The van der Waals surface area contributed by atoms with Crippen molar-refractivity contribution in [3.8, 4) is 0 Å². The number of allylic oxidation sites excluding steroid dienone is 4. The summed E-state index contributed by atoms with van der Waals surface area (Å²) in [5.74, 6) is 0.131. The van der Waals surface area contributed by atoms with E-state index >= 15 is 0 Å². The normalized spacial score (nSPS) is 20.7. The molecule has 2 aromatic carbocycles. The summed E-state index contributed by atoms with van der Waals surface area (Å²) in [6.07, 6.45) is 4.13. The van der Waals surface area contributed by atoms with Crippen LogP contribution < -0.4 is 4.90 Å². The maximum Gasteiger partial charge on any atom is 0.200 e. The molecule has 0 saturated carbocycles. The van der Waals surface area contributed by atoms with Crippen LogP contribution in [0.5, 0.6) is 0 Å². The zero-order valence-corrected chi connectivity index (χ0v) is 17.1. The first kappa shape index (κ1) is 16.8. The molecule has 5 rings (SSSR count). The van der Waals surface area contributed by atoms with Gasteiger partial charge in [0.05, 0.1) is 10.6 Å². The number of benzene rings is 2. The Morgan fingerprint density at radius 1 is 1.00 bits per heavy atom. The lowest BCUT2D eigenvalue weighted by Gasteiger charge is -2.24. The molecule has 3 heterocycles. The Labute approximate surface area is 167 Å². The summed E-state index contributed by atoms with van der Waals surface area (Å²) < 4.78 is 1.33. The number of thioether (sulfide) groups is 1. The van der Waals surface area contributed by atoms with Crippen LogP contribution in [0.25, 0.3) is 10.1 Å². The molecule has 0 N–H and O–H groups in total. The van der Waals surface area contributed by atoms with Gasteiger partial charge in [0.25, 0.3) is 0 Å². The van der Waals surface area contributed by atoms with Crippen LogP contribution in [-0.2, 0) is 5.41 Å². The first-order valence-corrected chi connectivity index (χ1v) is 10.6. The third-order valence-corrected chi connectivity index (χ3v) is 8.04. The number of hydrogen-bond acceptors (Lipinski definition) is 4. The van der Waals surface area contributed by atoms with Crippen molar-refractivity contribution < 1.29 is 4.79 Å². The summed E-state index contributed by atoms with van der Waals surface area (Å²) in [6.45, 7) is 4.54. The highest BCUT2D eigenvalue weighted by Gasteiger charge is 2.41. The van der Waals surface area contributed by atoms with Crippen molar-refractivity contribution in [2.75, 3.05) is 11.9 Å². The Morgan fingerprint density at radius 2 is 1.74 bits per heavy atom. The Bertz CT molecular complexity index is 1170. The van der Waals surface area contributed by atoms with Gasteiger partial charge in [0.2, 0.25) is 5.78 Å². The predicted octanol–water partition coefficient (Wildman–Crippen LogP) is 6.39. The number of ketones is 1. The van der Waals surface area contributed by atoms with Crippen LogP contribution in [0, 0.1) is 0 Å². The highest BCUT2D eigenvalue weighted by atomic mass is 32.2. The van der Waals surface area contributed by atoms with E-state index in [1.807, 2.05) is 41.7 Å². The standard InChI is InChI=1S/C23H19NOS2/c1-23(2)19(13-12-18-21(25)15-9-5-7-11-17(15)26-18)24(3)20-14-8-4-6-10-16(14)27-22(20)23/h4-13H,1-3H3/b18-12+,19-13-. The predicted molar refractivity (Wildman–Crippen MR) is 116 cm³/mol. The molecule has 0 unspecified atom stereocenters. The molecule has 27 heavy (non-hydrogen) atoms. The average Bonchev–Trinajstić information content (AvgIpc) is 3.26. The van der Waals surface area contributed by atoms with E-state index in [2.05, 4.69) is 56.1 Å². The molecule has 0 fully saturated rings. The van der Waals surface area contributed by atoms with Gasteiger partial charge in [-0.05, 0) is 44.2 Å². The van der Waals surface area contributed by atoms with Crippen molar-refractivity contribution in [1.29, 1.82) is 0 Å². The van der Waals surface area contributed by atoms with Crippen molar-refractivity contribution in [3.63, 3.8) is 0 Å². The van der Waals surface area contributed by atoms with Gasteiger partial charge < -0.3 is 4.90 Å². The van der Waals surface area contributed by atoms with Crippen LogP contribution in [0.1, 0.15) is 29.1 Å². The molecule has 3 aromatic rings. The number of fused-ring (bicyclic) bond motifs is 4. The molecule has 0 amide bonds. The first-order valence-electron chi connectivity index (χ1n) is 8.98. The van der Waals surface area contributed by atoms with Crippen molar-refractivity contribution in [2.45, 2.75) is 24.2 Å². The smallest absolute Gasteiger partial charge is 0.200 e. The lowest BCUT2D eigenvalue weighted by Crippen LogP contribution is -2.22. The third-order valence-electron chi connectivity index (χ3n) is 5.44. The minimum atomic E-state index is -0.0794. The molecule has 0 saturated heterocycles. The van der Waals surface area contributed by atoms with E-state index in [0.717, 1.165) is 15.4 Å². The number of hydrogen-bond donors (Lipinski definition) is 0. The maximum atomic E-state index is 12.7. The highest BCUT2D eigenvalue weighted by molar-refractivity contribution is 8.04. The van der Waals surface area contributed by atoms with Gasteiger partial charge in [-0.2, -0.15) is 0 Å². The second-order valence-corrected chi connectivity index (χ2v) is 9.61. The summed E-state index contributed by atoms with van der Waals surface area (Å²) in [5.41, 5.74) is 3.27. The van der Waals surface area contributed by atoms with Gasteiger partial charge in [0.15, 0.2) is 0 Å². The van der Waals surface area contributed by atoms with Crippen molar-refractivity contribution in [2.24, 2.45) is 0 Å². The van der Waals surface area contributed by atoms with Crippen LogP contribution in [0.3, 0.4) is 0 Å². The number of Topliss-reactive ketones (excluding diaryl/α,β-unsaturated/α-hetero) is 1. The molecule has 0 aliphatic carbocycles. The molecule has 2 nitrogen and oxygen atoms in total. The van der Waals surface area contributed by atoms with Gasteiger partial charge in [-0.1, -0.05) is 42.1 Å². The Morgan fingerprint density at radius 3 is 2.56 bits per heavy atom. The molecular weight excluding hydrogens is 370 g/mol. The Balaban J connectivity index is 1.57. The van der Waals surface area contributed by atoms with Crippen LogP contribution in [-0.4, -0.2) is 12.8 Å². The van der Waals surface area contributed by atoms with E-state index in [9.17, 15) is 4.79 Å². The number of likely N-dealkylation sites (N-methyl/N-ethyl adjacent to an activating group) is 1. The van der Waals surface area contributed by atoms with Crippen LogP contribution >= 0.6 is 23.1 Å². The summed E-state index contributed by atoms with van der Waals surface area (Å²) in [5, 5.41) is 1.31. The van der Waals surface area contributed by atoms with Gasteiger partial charge in [-0.15, -0.1) is 11.3 Å². The van der Waals surface area contributed by atoms with Gasteiger partial charge >= 0.3 is 0 Å². The molecule has 0 atom stereocenters. The fourth-order valence-corrected chi connectivity index (χ4v) is 6.41. The van der Waals surface area contributed by atoms with E-state index in [4.69, 9.17) is 0 Å². The van der Waals surface area contributed by atoms with Crippen LogP contribution in [0.15, 0.2) is 76.2 Å². The van der Waals surface area contributed by atoms with E-state index in [1.54, 1.807) is 11.8 Å². The largest absolute Gasteiger partial charge is 0.346 e. The Hall–Kier alpha value is -2.30. The van der Waals surface area contributed by atoms with Gasteiger partial charge in [0, 0.05) is 43.6 Å². The summed E-state index contributed by atoms with van der Waals surface area (Å²) in [4.78, 5) is 18.2. The summed E-state index contributed by atoms with van der Waals surface area (Å²) in [7, 11) is 2.13. The molecule has 0 radical (unpaired) electrons. The molecule has 2 aliphatic rings. The number of thiophene rings is 1. The molecule has 1 aromatic heterocycles. The minimum absolute atomic E-state index is 0.0794. The number of carbonyl (C=O) groups is 1. The van der Waals surface area contributed by atoms with Gasteiger partial charge in [-0.25, -0.2) is 0 Å². The monoisotopic (exact) mass is 389 g/mol. The van der Waals surface area contributed by atoms with E-state index in [1.165, 1.54) is 26.3 Å². The second kappa shape index (κ2) is 5.85. The summed E-state index contributed by atoms with van der Waals surface area (Å²) >= 11 is 3.44. The molecular formula is C23H19NOS2. The second-order valence-electron chi connectivity index (χ2n) is 7.47. The van der Waals surface area contributed by atoms with Gasteiger partial charge in [0.1, 0.15) is 0 Å². The van der Waals surface area contributed by atoms with Crippen molar-refractivity contribution >= 4 is 44.7 Å². The molecule has 2 aliphatic heterocycles. The summed E-state index contributed by atoms with van der Waals surface area (Å²) in [6, 6.07) is 16.4. The van der Waals surface area contributed by atoms with Crippen molar-refractivity contribution in [1.82, 2.24) is 0 Å². The van der Waals surface area contributed by atoms with E-state index in [-0.39, 0.29) is 11.2 Å². The van der Waals surface area contributed by atoms with E-state index in [0.29, 0.717) is 0 Å². The first-order chi connectivity index (χ1) is 13.0. The number of anilines is 1. The number of rotatable bonds is 1. The zero-order valence-electron chi connectivity index (χ0n) is 15.4. The minimum Gasteiger partial charge on any atom is -0.346 e. The number of carbonyl (C=O) groups excluding carboxylic acids is 1. The molecule has 0 bridgehead atoms. The SMILES string of the molecule is CN1/C(=C\C=C2\Sc3ccccc3C2=O)C(C)(C)c2sc3ccccc3c21. The third kappa shape index (κ3) is 2.36. The average molecular weight is 390 g/mol. The molecule has 0 spiro atoms. The quantitative estimate of drug-likeness (QED) is 0.450. The van der Waals surface area contributed by atoms with Gasteiger partial charge in [-0.3, -0.25) is 4.79 Å².